The van der Waals surface area contributed by atoms with Crippen LogP contribution in [0, 0.1) is 6.92 Å². The number of phenolic OH excluding ortho intramolecular Hbond substituents is 1. The molecule has 0 fully saturated rings. The highest BCUT2D eigenvalue weighted by Crippen LogP contribution is 2.27. The monoisotopic (exact) mass is 338 g/mol. The number of ether oxygens (including phenoxy) is 1. The summed E-state index contributed by atoms with van der Waals surface area (Å²) in [6.07, 6.45) is 0. The van der Waals surface area contributed by atoms with Crippen LogP contribution in [0.15, 0.2) is 53.1 Å². The molecule has 128 valence electrons. The van der Waals surface area contributed by atoms with E-state index >= 15 is 0 Å². The van der Waals surface area contributed by atoms with E-state index in [-0.39, 0.29) is 18.2 Å². The van der Waals surface area contributed by atoms with Gasteiger partial charge in [0.25, 0.3) is 5.91 Å². The highest BCUT2D eigenvalue weighted by atomic mass is 16.5. The molecule has 25 heavy (non-hydrogen) atoms. The number of phenols is 1. The number of aromatic hydroxyl groups is 1. The molecule has 0 unspecified atom stereocenters. The van der Waals surface area contributed by atoms with Crippen molar-refractivity contribution in [3.63, 3.8) is 0 Å². The van der Waals surface area contributed by atoms with Crippen molar-refractivity contribution in [3.8, 4) is 22.8 Å². The van der Waals surface area contributed by atoms with Crippen LogP contribution in [0.5, 0.6) is 11.5 Å². The molecule has 0 saturated carbocycles. The van der Waals surface area contributed by atoms with Crippen molar-refractivity contribution < 1.29 is 19.2 Å². The third-order valence-corrected chi connectivity index (χ3v) is 3.83. The summed E-state index contributed by atoms with van der Waals surface area (Å²) in [5.74, 6) is 0.582. The second-order valence-electron chi connectivity index (χ2n) is 5.52. The standard InChI is InChI=1S/C19H18N2O4/c1-12-17(18(21-25-12)14-6-4-3-5-7-14)19(23)20-11-13-8-9-16(24-2)15(22)10-13/h3-10,22H,11H2,1-2H3,(H,20,23). The molecule has 0 spiro atoms. The number of carbonyl (C=O) groups excluding carboxylic acids is 1. The summed E-state index contributed by atoms with van der Waals surface area (Å²) >= 11 is 0. The van der Waals surface area contributed by atoms with Crippen molar-refractivity contribution in [1.82, 2.24) is 10.5 Å². The molecule has 3 aromatic rings. The molecule has 0 aliphatic heterocycles. The van der Waals surface area contributed by atoms with E-state index in [1.807, 2.05) is 30.3 Å². The lowest BCUT2D eigenvalue weighted by Crippen LogP contribution is -2.23. The fourth-order valence-electron chi connectivity index (χ4n) is 2.55. The Morgan fingerprint density at radius 3 is 2.68 bits per heavy atom. The van der Waals surface area contributed by atoms with E-state index in [9.17, 15) is 9.90 Å². The molecule has 2 aromatic carbocycles. The minimum atomic E-state index is -0.284. The highest BCUT2D eigenvalue weighted by Gasteiger charge is 2.21. The van der Waals surface area contributed by atoms with Crippen molar-refractivity contribution in [2.75, 3.05) is 7.11 Å². The first kappa shape index (κ1) is 16.6. The molecule has 1 aromatic heterocycles. The number of methoxy groups -OCH3 is 1. The van der Waals surface area contributed by atoms with Gasteiger partial charge in [0, 0.05) is 12.1 Å². The molecule has 6 nitrogen and oxygen atoms in total. The van der Waals surface area contributed by atoms with Gasteiger partial charge in [-0.3, -0.25) is 4.79 Å². The van der Waals surface area contributed by atoms with Gasteiger partial charge in [-0.2, -0.15) is 0 Å². The number of nitrogens with zero attached hydrogens (tertiary/aromatic N) is 1. The van der Waals surface area contributed by atoms with Crippen molar-refractivity contribution in [1.29, 1.82) is 0 Å². The first-order chi connectivity index (χ1) is 12.1. The van der Waals surface area contributed by atoms with E-state index in [0.29, 0.717) is 22.8 Å². The number of amides is 1. The minimum absolute atomic E-state index is 0.0281. The molecule has 6 heteroatoms. The van der Waals surface area contributed by atoms with Gasteiger partial charge < -0.3 is 19.7 Å². The van der Waals surface area contributed by atoms with Gasteiger partial charge in [-0.1, -0.05) is 41.6 Å². The van der Waals surface area contributed by atoms with Crippen LogP contribution in [-0.4, -0.2) is 23.3 Å². The van der Waals surface area contributed by atoms with Gasteiger partial charge >= 0.3 is 0 Å². The third-order valence-electron chi connectivity index (χ3n) is 3.83. The molecular formula is C19H18N2O4. The molecule has 0 radical (unpaired) electrons. The lowest BCUT2D eigenvalue weighted by molar-refractivity contribution is 0.0950. The quantitative estimate of drug-likeness (QED) is 0.746. The summed E-state index contributed by atoms with van der Waals surface area (Å²) in [5, 5.41) is 16.6. The maximum Gasteiger partial charge on any atom is 0.257 e. The fourth-order valence-corrected chi connectivity index (χ4v) is 2.55. The zero-order valence-electron chi connectivity index (χ0n) is 13.9. The van der Waals surface area contributed by atoms with E-state index in [1.54, 1.807) is 25.1 Å². The second-order valence-corrected chi connectivity index (χ2v) is 5.52. The van der Waals surface area contributed by atoms with Crippen molar-refractivity contribution in [2.45, 2.75) is 13.5 Å². The largest absolute Gasteiger partial charge is 0.504 e. The fraction of sp³-hybridized carbons (Fsp3) is 0.158. The highest BCUT2D eigenvalue weighted by molar-refractivity contribution is 6.00. The first-order valence-corrected chi connectivity index (χ1v) is 7.76. The molecule has 0 saturated heterocycles. The van der Waals surface area contributed by atoms with Crippen LogP contribution >= 0.6 is 0 Å². The SMILES string of the molecule is COc1ccc(CNC(=O)c2c(-c3ccccc3)noc2C)cc1O. The number of nitrogens with one attached hydrogen (secondary N) is 1. The van der Waals surface area contributed by atoms with Gasteiger partial charge in [0.15, 0.2) is 11.5 Å². The molecule has 1 heterocycles. The van der Waals surface area contributed by atoms with Crippen LogP contribution in [0.4, 0.5) is 0 Å². The molecule has 1 amide bonds. The van der Waals surface area contributed by atoms with Crippen LogP contribution in [0.3, 0.4) is 0 Å². The molecule has 2 N–H and O–H groups in total. The summed E-state index contributed by atoms with van der Waals surface area (Å²) in [6.45, 7) is 1.96. The third kappa shape index (κ3) is 3.47. The Morgan fingerprint density at radius 1 is 1.24 bits per heavy atom. The first-order valence-electron chi connectivity index (χ1n) is 7.76. The molecule has 0 aliphatic rings. The van der Waals surface area contributed by atoms with Crippen molar-refractivity contribution in [2.24, 2.45) is 0 Å². The van der Waals surface area contributed by atoms with Crippen LogP contribution in [0.2, 0.25) is 0 Å². The van der Waals surface area contributed by atoms with Gasteiger partial charge in [-0.25, -0.2) is 0 Å². The molecule has 0 aliphatic carbocycles. The summed E-state index contributed by atoms with van der Waals surface area (Å²) in [6, 6.07) is 14.4. The Bertz CT molecular complexity index is 888. The van der Waals surface area contributed by atoms with Gasteiger partial charge in [0.2, 0.25) is 0 Å². The second kappa shape index (κ2) is 7.09. The average molecular weight is 338 g/mol. The molecule has 0 bridgehead atoms. The lowest BCUT2D eigenvalue weighted by atomic mass is 10.1. The van der Waals surface area contributed by atoms with E-state index in [1.165, 1.54) is 7.11 Å². The van der Waals surface area contributed by atoms with Crippen molar-refractivity contribution >= 4 is 5.91 Å². The molecular weight excluding hydrogens is 320 g/mol. The molecule has 0 atom stereocenters. The van der Waals surface area contributed by atoms with E-state index in [2.05, 4.69) is 10.5 Å². The lowest BCUT2D eigenvalue weighted by Gasteiger charge is -2.08. The Balaban J connectivity index is 1.78. The molecule has 3 rings (SSSR count). The maximum atomic E-state index is 12.6. The van der Waals surface area contributed by atoms with Gasteiger partial charge in [0.05, 0.1) is 7.11 Å². The van der Waals surface area contributed by atoms with Gasteiger partial charge in [-0.15, -0.1) is 0 Å². The number of aryl methyl sites for hydroxylation is 1. The predicted molar refractivity (Wildman–Crippen MR) is 92.5 cm³/mol. The zero-order chi connectivity index (χ0) is 17.8. The number of benzene rings is 2. The van der Waals surface area contributed by atoms with Gasteiger partial charge in [0.1, 0.15) is 17.0 Å². The van der Waals surface area contributed by atoms with Crippen LogP contribution < -0.4 is 10.1 Å². The number of carbonyl (C=O) groups is 1. The van der Waals surface area contributed by atoms with E-state index in [0.717, 1.165) is 11.1 Å². The Morgan fingerprint density at radius 2 is 2.00 bits per heavy atom. The number of rotatable bonds is 5. The number of hydrogen-bond acceptors (Lipinski definition) is 5. The topological polar surface area (TPSA) is 84.6 Å². The Kier molecular flexibility index (Phi) is 4.70. The zero-order valence-corrected chi connectivity index (χ0v) is 13.9. The number of aromatic nitrogens is 1. The maximum absolute atomic E-state index is 12.6. The van der Waals surface area contributed by atoms with E-state index in [4.69, 9.17) is 9.26 Å². The Labute approximate surface area is 145 Å². The minimum Gasteiger partial charge on any atom is -0.504 e. The van der Waals surface area contributed by atoms with E-state index < -0.39 is 0 Å². The predicted octanol–water partition coefficient (Wildman–Crippen LogP) is 3.29. The van der Waals surface area contributed by atoms with Crippen molar-refractivity contribution in [3.05, 3.63) is 65.4 Å². The van der Waals surface area contributed by atoms with Crippen LogP contribution in [-0.2, 0) is 6.54 Å². The summed E-state index contributed by atoms with van der Waals surface area (Å²) in [7, 11) is 1.48. The summed E-state index contributed by atoms with van der Waals surface area (Å²) in [5.41, 5.74) is 2.48. The van der Waals surface area contributed by atoms with Gasteiger partial charge in [-0.05, 0) is 24.6 Å². The normalized spacial score (nSPS) is 10.5. The average Bonchev–Trinajstić information content (AvgIpc) is 3.02. The smallest absolute Gasteiger partial charge is 0.257 e. The van der Waals surface area contributed by atoms with Crippen LogP contribution in [0.25, 0.3) is 11.3 Å². The Hall–Kier alpha value is -3.28. The number of hydrogen-bond donors (Lipinski definition) is 2. The van der Waals surface area contributed by atoms with Crippen LogP contribution in [0.1, 0.15) is 21.7 Å². The summed E-state index contributed by atoms with van der Waals surface area (Å²) < 4.78 is 10.2. The summed E-state index contributed by atoms with van der Waals surface area (Å²) in [4.78, 5) is 12.6.